The van der Waals surface area contributed by atoms with Crippen LogP contribution in [-0.2, 0) is 0 Å². The summed E-state index contributed by atoms with van der Waals surface area (Å²) in [4.78, 5) is 15.3. The van der Waals surface area contributed by atoms with E-state index in [0.29, 0.717) is 23.0 Å². The molecule has 0 aliphatic carbocycles. The van der Waals surface area contributed by atoms with Crippen molar-refractivity contribution >= 4 is 42.3 Å². The SMILES string of the molecule is N#Cc1ccc(-c2ccc(-c3nc(-c4ccc(-c5ccccc5)cc4)nc(-c4cc5sc6ccccc6c5c5ccccc45)n3)cc2)cc1. The summed E-state index contributed by atoms with van der Waals surface area (Å²) in [6, 6.07) is 56.3. The number of fused-ring (bicyclic) bond motifs is 5. The average Bonchev–Trinajstić information content (AvgIpc) is 3.57. The number of hydrogen-bond acceptors (Lipinski definition) is 5. The molecule has 0 saturated heterocycles. The van der Waals surface area contributed by atoms with Crippen molar-refractivity contribution in [3.63, 3.8) is 0 Å². The van der Waals surface area contributed by atoms with Crippen LogP contribution in [0, 0.1) is 11.3 Å². The molecule has 49 heavy (non-hydrogen) atoms. The van der Waals surface area contributed by atoms with E-state index in [4.69, 9.17) is 15.0 Å². The van der Waals surface area contributed by atoms with E-state index >= 15 is 0 Å². The Labute approximate surface area is 287 Å². The molecule has 2 aromatic heterocycles. The van der Waals surface area contributed by atoms with Crippen LogP contribution in [0.15, 0.2) is 158 Å². The molecule has 0 aliphatic heterocycles. The van der Waals surface area contributed by atoms with Crippen LogP contribution in [0.5, 0.6) is 0 Å². The molecule has 2 heterocycles. The first kappa shape index (κ1) is 28.7. The van der Waals surface area contributed by atoms with Gasteiger partial charge in [0.15, 0.2) is 17.5 Å². The summed E-state index contributed by atoms with van der Waals surface area (Å²) in [5.41, 5.74) is 7.85. The average molecular weight is 643 g/mol. The van der Waals surface area contributed by atoms with E-state index in [-0.39, 0.29) is 0 Å². The molecule has 4 nitrogen and oxygen atoms in total. The first-order chi connectivity index (χ1) is 24.2. The second kappa shape index (κ2) is 12.0. The van der Waals surface area contributed by atoms with E-state index in [1.807, 2.05) is 30.3 Å². The summed E-state index contributed by atoms with van der Waals surface area (Å²) in [6.45, 7) is 0. The Morgan fingerprint density at radius 3 is 1.49 bits per heavy atom. The summed E-state index contributed by atoms with van der Waals surface area (Å²) in [7, 11) is 0. The number of thiophene rings is 1. The minimum absolute atomic E-state index is 0.610. The molecule has 0 spiro atoms. The zero-order valence-electron chi connectivity index (χ0n) is 26.2. The summed E-state index contributed by atoms with van der Waals surface area (Å²) in [5, 5.41) is 14.0. The molecule has 0 N–H and O–H groups in total. The van der Waals surface area contributed by atoms with E-state index in [2.05, 4.69) is 133 Å². The predicted octanol–water partition coefficient (Wildman–Crippen LogP) is 11.6. The Bertz CT molecular complexity index is 2690. The quantitative estimate of drug-likeness (QED) is 0.187. The van der Waals surface area contributed by atoms with Gasteiger partial charge in [-0.25, -0.2) is 15.0 Å². The lowest BCUT2D eigenvalue weighted by molar-refractivity contribution is 1.08. The third-order valence-electron chi connectivity index (χ3n) is 9.00. The Morgan fingerprint density at radius 1 is 0.408 bits per heavy atom. The highest BCUT2D eigenvalue weighted by Gasteiger charge is 2.18. The minimum Gasteiger partial charge on any atom is -0.208 e. The lowest BCUT2D eigenvalue weighted by Gasteiger charge is -2.12. The monoisotopic (exact) mass is 642 g/mol. The molecule has 5 heteroatoms. The van der Waals surface area contributed by atoms with Crippen LogP contribution in [-0.4, -0.2) is 15.0 Å². The summed E-state index contributed by atoms with van der Waals surface area (Å²) in [6.07, 6.45) is 0. The zero-order chi connectivity index (χ0) is 32.7. The van der Waals surface area contributed by atoms with E-state index in [1.54, 1.807) is 11.3 Å². The maximum atomic E-state index is 9.21. The van der Waals surface area contributed by atoms with Gasteiger partial charge in [-0.1, -0.05) is 133 Å². The van der Waals surface area contributed by atoms with E-state index < -0.39 is 0 Å². The maximum absolute atomic E-state index is 9.21. The molecule has 9 rings (SSSR count). The van der Waals surface area contributed by atoms with Crippen molar-refractivity contribution in [1.29, 1.82) is 5.26 Å². The molecule has 0 radical (unpaired) electrons. The van der Waals surface area contributed by atoms with Gasteiger partial charge < -0.3 is 0 Å². The van der Waals surface area contributed by atoms with Crippen LogP contribution in [0.3, 0.4) is 0 Å². The molecule has 0 amide bonds. The van der Waals surface area contributed by atoms with Gasteiger partial charge in [0.25, 0.3) is 0 Å². The van der Waals surface area contributed by atoms with Gasteiger partial charge in [-0.05, 0) is 57.3 Å². The first-order valence-electron chi connectivity index (χ1n) is 16.1. The molecular formula is C44H26N4S. The largest absolute Gasteiger partial charge is 0.208 e. The van der Waals surface area contributed by atoms with Crippen molar-refractivity contribution in [2.24, 2.45) is 0 Å². The summed E-state index contributed by atoms with van der Waals surface area (Å²) < 4.78 is 2.47. The van der Waals surface area contributed by atoms with Crippen LogP contribution in [0.2, 0.25) is 0 Å². The van der Waals surface area contributed by atoms with Crippen LogP contribution < -0.4 is 0 Å². The van der Waals surface area contributed by atoms with Gasteiger partial charge in [-0.2, -0.15) is 5.26 Å². The standard InChI is InChI=1S/C44H26N4S/c45-27-28-14-16-30(17-15-28)32-20-24-34(25-21-32)43-46-42(33-22-18-31(19-23-33)29-8-2-1-3-9-29)47-44(48-43)38-26-40-41(36-11-5-4-10-35(36)38)37-12-6-7-13-39(37)49-40/h1-26H. The Balaban J connectivity index is 1.22. The molecule has 0 aliphatic rings. The van der Waals surface area contributed by atoms with Crippen molar-refractivity contribution in [1.82, 2.24) is 15.0 Å². The van der Waals surface area contributed by atoms with Crippen LogP contribution >= 0.6 is 11.3 Å². The Morgan fingerprint density at radius 2 is 0.878 bits per heavy atom. The highest BCUT2D eigenvalue weighted by atomic mass is 32.1. The van der Waals surface area contributed by atoms with Crippen LogP contribution in [0.25, 0.3) is 87.4 Å². The molecule has 0 unspecified atom stereocenters. The number of rotatable bonds is 5. The normalized spacial score (nSPS) is 11.2. The van der Waals surface area contributed by atoms with Crippen molar-refractivity contribution < 1.29 is 0 Å². The number of nitriles is 1. The summed E-state index contributed by atoms with van der Waals surface area (Å²) >= 11 is 1.80. The first-order valence-corrected chi connectivity index (χ1v) is 16.9. The fraction of sp³-hybridized carbons (Fsp3) is 0. The smallest absolute Gasteiger partial charge is 0.164 e. The van der Waals surface area contributed by atoms with Gasteiger partial charge >= 0.3 is 0 Å². The minimum atomic E-state index is 0.610. The topological polar surface area (TPSA) is 62.5 Å². The number of aromatic nitrogens is 3. The van der Waals surface area contributed by atoms with Gasteiger partial charge in [-0.3, -0.25) is 0 Å². The lowest BCUT2D eigenvalue weighted by atomic mass is 9.98. The van der Waals surface area contributed by atoms with Crippen molar-refractivity contribution in [3.05, 3.63) is 163 Å². The van der Waals surface area contributed by atoms with E-state index in [9.17, 15) is 5.26 Å². The van der Waals surface area contributed by atoms with Gasteiger partial charge in [0.1, 0.15) is 0 Å². The zero-order valence-corrected chi connectivity index (χ0v) is 27.0. The maximum Gasteiger partial charge on any atom is 0.164 e. The molecular weight excluding hydrogens is 617 g/mol. The van der Waals surface area contributed by atoms with Gasteiger partial charge in [0.2, 0.25) is 0 Å². The number of benzene rings is 7. The van der Waals surface area contributed by atoms with E-state index in [0.717, 1.165) is 44.3 Å². The molecule has 0 saturated carbocycles. The van der Waals surface area contributed by atoms with Crippen molar-refractivity contribution in [3.8, 4) is 62.5 Å². The third-order valence-corrected chi connectivity index (χ3v) is 10.1. The molecule has 228 valence electrons. The molecule has 0 fully saturated rings. The highest BCUT2D eigenvalue weighted by Crippen LogP contribution is 2.42. The fourth-order valence-electron chi connectivity index (χ4n) is 6.52. The van der Waals surface area contributed by atoms with Crippen molar-refractivity contribution in [2.75, 3.05) is 0 Å². The van der Waals surface area contributed by atoms with Gasteiger partial charge in [0.05, 0.1) is 11.6 Å². The summed E-state index contributed by atoms with van der Waals surface area (Å²) in [5.74, 6) is 1.87. The second-order valence-electron chi connectivity index (χ2n) is 12.0. The van der Waals surface area contributed by atoms with Gasteiger partial charge in [-0.15, -0.1) is 11.3 Å². The van der Waals surface area contributed by atoms with Crippen LogP contribution in [0.1, 0.15) is 5.56 Å². The molecule has 7 aromatic carbocycles. The third kappa shape index (κ3) is 5.21. The Kier molecular flexibility index (Phi) is 7.01. The van der Waals surface area contributed by atoms with Crippen molar-refractivity contribution in [2.45, 2.75) is 0 Å². The fourth-order valence-corrected chi connectivity index (χ4v) is 7.68. The van der Waals surface area contributed by atoms with Gasteiger partial charge in [0, 0.05) is 36.9 Å². The molecule has 0 bridgehead atoms. The number of nitrogens with zero attached hydrogens (tertiary/aromatic N) is 4. The molecule has 9 aromatic rings. The number of hydrogen-bond donors (Lipinski definition) is 0. The lowest BCUT2D eigenvalue weighted by Crippen LogP contribution is -2.00. The van der Waals surface area contributed by atoms with E-state index in [1.165, 1.54) is 25.6 Å². The molecule has 0 atom stereocenters. The highest BCUT2D eigenvalue weighted by molar-refractivity contribution is 7.26. The second-order valence-corrected chi connectivity index (χ2v) is 13.0. The Hall–Kier alpha value is -6.48. The van der Waals surface area contributed by atoms with Crippen LogP contribution in [0.4, 0.5) is 0 Å². The predicted molar refractivity (Wildman–Crippen MR) is 202 cm³/mol.